The summed E-state index contributed by atoms with van der Waals surface area (Å²) in [6, 6.07) is -0.280. The molecular formula is C12H24N6OSi. The molecule has 1 aliphatic rings. The van der Waals surface area contributed by atoms with Crippen LogP contribution in [0.4, 0.5) is 0 Å². The lowest BCUT2D eigenvalue weighted by Gasteiger charge is -2.42. The van der Waals surface area contributed by atoms with Gasteiger partial charge in [-0.15, -0.1) is 0 Å². The first-order chi connectivity index (χ1) is 9.19. The Morgan fingerprint density at radius 2 is 1.45 bits per heavy atom. The maximum absolute atomic E-state index is 8.61. The zero-order chi connectivity index (χ0) is 15.4. The van der Waals surface area contributed by atoms with Crippen molar-refractivity contribution in [2.24, 2.45) is 10.2 Å². The molecule has 7 nitrogen and oxygen atoms in total. The predicted molar refractivity (Wildman–Crippen MR) is 81.8 cm³/mol. The number of hydrogen-bond acceptors (Lipinski definition) is 3. The van der Waals surface area contributed by atoms with Gasteiger partial charge >= 0.3 is 0 Å². The van der Waals surface area contributed by atoms with Crippen LogP contribution in [0.25, 0.3) is 20.9 Å². The summed E-state index contributed by atoms with van der Waals surface area (Å²) in [7, 11) is -1.87. The van der Waals surface area contributed by atoms with E-state index in [1.54, 1.807) is 0 Å². The standard InChI is InChI=1S/C12H24N6OSi/c1-12(2,3)20(4,5)19-11-7-9(15-17-13)6-10(8-11)16-18-14/h9-11H,6-8H2,1-5H3/t9-,10+,11+. The van der Waals surface area contributed by atoms with E-state index in [0.717, 1.165) is 0 Å². The molecule has 1 saturated carbocycles. The third-order valence-electron chi connectivity index (χ3n) is 4.31. The summed E-state index contributed by atoms with van der Waals surface area (Å²) < 4.78 is 6.37. The van der Waals surface area contributed by atoms with Gasteiger partial charge in [-0.1, -0.05) is 31.0 Å². The van der Waals surface area contributed by atoms with Crippen LogP contribution in [0.5, 0.6) is 0 Å². The van der Waals surface area contributed by atoms with Crippen molar-refractivity contribution in [2.75, 3.05) is 0 Å². The summed E-state index contributed by atoms with van der Waals surface area (Å²) in [5.74, 6) is 0. The van der Waals surface area contributed by atoms with Crippen molar-refractivity contribution in [2.45, 2.75) is 76.4 Å². The molecule has 0 saturated heterocycles. The van der Waals surface area contributed by atoms with Crippen molar-refractivity contribution >= 4 is 8.32 Å². The van der Waals surface area contributed by atoms with Gasteiger partial charge in [0.1, 0.15) is 0 Å². The molecule has 0 aromatic rings. The molecule has 20 heavy (non-hydrogen) atoms. The molecule has 0 bridgehead atoms. The van der Waals surface area contributed by atoms with Crippen LogP contribution < -0.4 is 0 Å². The zero-order valence-electron chi connectivity index (χ0n) is 12.9. The van der Waals surface area contributed by atoms with Gasteiger partial charge < -0.3 is 4.43 Å². The fraction of sp³-hybridized carbons (Fsp3) is 1.00. The number of azide groups is 2. The molecule has 0 aromatic carbocycles. The molecule has 1 aliphatic carbocycles. The fourth-order valence-electron chi connectivity index (χ4n) is 2.23. The summed E-state index contributed by atoms with van der Waals surface area (Å²) in [6.07, 6.45) is 2.06. The number of nitrogens with zero attached hydrogens (tertiary/aromatic N) is 6. The minimum Gasteiger partial charge on any atom is -0.414 e. The van der Waals surface area contributed by atoms with Crippen LogP contribution in [0, 0.1) is 0 Å². The SMILES string of the molecule is CC(C)(C)[Si](C)(C)O[C@H]1C[C@H](N=[N+]=[N-])C[C@H](N=[N+]=[N-])C1. The smallest absolute Gasteiger partial charge is 0.192 e. The van der Waals surface area contributed by atoms with Crippen molar-refractivity contribution in [3.63, 3.8) is 0 Å². The lowest BCUT2D eigenvalue weighted by atomic mass is 9.90. The third-order valence-corrected chi connectivity index (χ3v) is 8.85. The van der Waals surface area contributed by atoms with Crippen LogP contribution in [0.15, 0.2) is 10.2 Å². The molecule has 0 radical (unpaired) electrons. The Morgan fingerprint density at radius 3 is 1.80 bits per heavy atom. The van der Waals surface area contributed by atoms with Crippen LogP contribution in [0.2, 0.25) is 18.1 Å². The predicted octanol–water partition coefficient (Wildman–Crippen LogP) is 4.92. The summed E-state index contributed by atoms with van der Waals surface area (Å²) in [5, 5.41) is 7.71. The Hall–Kier alpha value is -1.20. The van der Waals surface area contributed by atoms with E-state index in [4.69, 9.17) is 15.5 Å². The van der Waals surface area contributed by atoms with Crippen molar-refractivity contribution in [3.05, 3.63) is 20.9 Å². The average molecular weight is 296 g/mol. The van der Waals surface area contributed by atoms with Crippen molar-refractivity contribution in [1.29, 1.82) is 0 Å². The van der Waals surface area contributed by atoms with Gasteiger partial charge in [-0.3, -0.25) is 0 Å². The average Bonchev–Trinajstić information content (AvgIpc) is 2.27. The van der Waals surface area contributed by atoms with Gasteiger partial charge in [0.2, 0.25) is 0 Å². The summed E-state index contributed by atoms with van der Waals surface area (Å²) in [4.78, 5) is 5.76. The molecule has 3 atom stereocenters. The molecule has 0 N–H and O–H groups in total. The van der Waals surface area contributed by atoms with Crippen LogP contribution in [-0.2, 0) is 4.43 Å². The first-order valence-corrected chi connectivity index (χ1v) is 9.86. The maximum atomic E-state index is 8.61. The Labute approximate surface area is 121 Å². The van der Waals surface area contributed by atoms with E-state index in [1.807, 2.05) is 0 Å². The fourth-order valence-corrected chi connectivity index (χ4v) is 3.61. The van der Waals surface area contributed by atoms with Gasteiger partial charge in [0.05, 0.1) is 0 Å². The van der Waals surface area contributed by atoms with E-state index in [-0.39, 0.29) is 23.2 Å². The van der Waals surface area contributed by atoms with Crippen LogP contribution in [0.3, 0.4) is 0 Å². The second-order valence-electron chi connectivity index (χ2n) is 6.92. The molecule has 0 aromatic heterocycles. The van der Waals surface area contributed by atoms with Gasteiger partial charge in [-0.25, -0.2) is 0 Å². The normalized spacial score (nSPS) is 27.4. The van der Waals surface area contributed by atoms with Crippen LogP contribution in [-0.4, -0.2) is 26.5 Å². The largest absolute Gasteiger partial charge is 0.414 e. The van der Waals surface area contributed by atoms with Crippen LogP contribution in [0.1, 0.15) is 40.0 Å². The Kier molecular flexibility index (Phi) is 5.47. The van der Waals surface area contributed by atoms with Crippen molar-refractivity contribution in [3.8, 4) is 0 Å². The van der Waals surface area contributed by atoms with Crippen molar-refractivity contribution in [1.82, 2.24) is 0 Å². The molecule has 1 fully saturated rings. The zero-order valence-corrected chi connectivity index (χ0v) is 13.9. The van der Waals surface area contributed by atoms with Crippen molar-refractivity contribution < 1.29 is 4.43 Å². The molecular weight excluding hydrogens is 272 g/mol. The highest BCUT2D eigenvalue weighted by atomic mass is 28.4. The topological polar surface area (TPSA) is 107 Å². The Balaban J connectivity index is 2.82. The second-order valence-corrected chi connectivity index (χ2v) is 11.7. The third kappa shape index (κ3) is 4.42. The Morgan fingerprint density at radius 1 is 1.00 bits per heavy atom. The van der Waals surface area contributed by atoms with Gasteiger partial charge in [-0.2, -0.15) is 0 Å². The quantitative estimate of drug-likeness (QED) is 0.312. The highest BCUT2D eigenvalue weighted by Crippen LogP contribution is 2.39. The molecule has 0 spiro atoms. The second kappa shape index (κ2) is 6.50. The van der Waals surface area contributed by atoms with Gasteiger partial charge in [0.25, 0.3) is 0 Å². The molecule has 0 heterocycles. The molecule has 112 valence electrons. The van der Waals surface area contributed by atoms with E-state index >= 15 is 0 Å². The van der Waals surface area contributed by atoms with E-state index in [1.165, 1.54) is 0 Å². The van der Waals surface area contributed by atoms with Gasteiger partial charge in [-0.05, 0) is 48.5 Å². The molecule has 0 amide bonds. The van der Waals surface area contributed by atoms with Gasteiger partial charge in [0, 0.05) is 28.0 Å². The first-order valence-electron chi connectivity index (χ1n) is 6.96. The highest BCUT2D eigenvalue weighted by Gasteiger charge is 2.41. The van der Waals surface area contributed by atoms with E-state index in [0.29, 0.717) is 19.3 Å². The monoisotopic (exact) mass is 296 g/mol. The minimum absolute atomic E-state index is 0.00985. The number of rotatable bonds is 4. The highest BCUT2D eigenvalue weighted by molar-refractivity contribution is 6.74. The summed E-state index contributed by atoms with van der Waals surface area (Å²) >= 11 is 0. The molecule has 0 aliphatic heterocycles. The number of hydrogen-bond donors (Lipinski definition) is 0. The molecule has 8 heteroatoms. The Bertz CT molecular complexity index is 408. The summed E-state index contributed by atoms with van der Waals surface area (Å²) in [5.41, 5.74) is 17.2. The lowest BCUT2D eigenvalue weighted by molar-refractivity contribution is 0.119. The first kappa shape index (κ1) is 16.9. The minimum atomic E-state index is -1.87. The van der Waals surface area contributed by atoms with E-state index < -0.39 is 8.32 Å². The molecule has 1 rings (SSSR count). The molecule has 0 unspecified atom stereocenters. The van der Waals surface area contributed by atoms with E-state index in [2.05, 4.69) is 53.9 Å². The van der Waals surface area contributed by atoms with E-state index in [9.17, 15) is 0 Å². The lowest BCUT2D eigenvalue weighted by Crippen LogP contribution is -2.46. The van der Waals surface area contributed by atoms with Gasteiger partial charge in [0.15, 0.2) is 8.32 Å². The van der Waals surface area contributed by atoms with Crippen LogP contribution >= 0.6 is 0 Å². The summed E-state index contributed by atoms with van der Waals surface area (Å²) in [6.45, 7) is 11.0. The maximum Gasteiger partial charge on any atom is 0.192 e.